The fourth-order valence-corrected chi connectivity index (χ4v) is 7.63. The largest absolute Gasteiger partial charge is 0.493 e. The van der Waals surface area contributed by atoms with Gasteiger partial charge in [-0.15, -0.1) is 0 Å². The average molecular weight is 454 g/mol. The van der Waals surface area contributed by atoms with Crippen molar-refractivity contribution in [2.45, 2.75) is 23.1 Å². The summed E-state index contributed by atoms with van der Waals surface area (Å²) in [6.45, 7) is 0.249. The zero-order chi connectivity index (χ0) is 21.9. The number of nitrogens with one attached hydrogen (secondary N) is 1. The van der Waals surface area contributed by atoms with Gasteiger partial charge in [0.15, 0.2) is 31.2 Å². The molecule has 2 aromatic carbocycles. The maximum Gasteiger partial charge on any atom is 0.251 e. The Balaban J connectivity index is 1.67. The van der Waals surface area contributed by atoms with Crippen molar-refractivity contribution in [1.82, 2.24) is 5.32 Å². The molecule has 0 radical (unpaired) electrons. The van der Waals surface area contributed by atoms with E-state index in [1.807, 2.05) is 0 Å². The van der Waals surface area contributed by atoms with Gasteiger partial charge in [-0.2, -0.15) is 0 Å². The van der Waals surface area contributed by atoms with Crippen LogP contribution in [0.3, 0.4) is 0 Å². The molecule has 0 aromatic heterocycles. The van der Waals surface area contributed by atoms with Crippen LogP contribution in [-0.4, -0.2) is 53.7 Å². The summed E-state index contributed by atoms with van der Waals surface area (Å²) >= 11 is 0. The van der Waals surface area contributed by atoms with E-state index in [0.29, 0.717) is 17.1 Å². The van der Waals surface area contributed by atoms with Gasteiger partial charge in [0.25, 0.3) is 5.91 Å². The van der Waals surface area contributed by atoms with Crippen LogP contribution in [0.4, 0.5) is 0 Å². The fraction of sp³-hybridized carbons (Fsp3) is 0.350. The van der Waals surface area contributed by atoms with Gasteiger partial charge in [0.1, 0.15) is 0 Å². The summed E-state index contributed by atoms with van der Waals surface area (Å²) in [6, 6.07) is 10.8. The zero-order valence-electron chi connectivity index (χ0n) is 16.6. The van der Waals surface area contributed by atoms with E-state index in [-0.39, 0.29) is 35.3 Å². The van der Waals surface area contributed by atoms with E-state index < -0.39 is 24.9 Å². The number of hydrogen-bond donors (Lipinski definition) is 1. The van der Waals surface area contributed by atoms with Gasteiger partial charge in [-0.25, -0.2) is 16.8 Å². The van der Waals surface area contributed by atoms with Gasteiger partial charge in [0.2, 0.25) is 0 Å². The van der Waals surface area contributed by atoms with E-state index in [0.717, 1.165) is 5.56 Å². The maximum atomic E-state index is 12.6. The number of ether oxygens (including phenoxy) is 2. The highest BCUT2D eigenvalue weighted by Gasteiger charge is 2.37. The maximum absolute atomic E-state index is 12.6. The Morgan fingerprint density at radius 1 is 1.07 bits per heavy atom. The lowest BCUT2D eigenvalue weighted by atomic mass is 10.1. The van der Waals surface area contributed by atoms with Crippen LogP contribution in [0, 0.1) is 0 Å². The van der Waals surface area contributed by atoms with Crippen LogP contribution in [0.15, 0.2) is 47.4 Å². The molecule has 1 aliphatic heterocycles. The number of carbonyl (C=O) groups excluding carboxylic acids is 1. The second-order valence-corrected chi connectivity index (χ2v) is 11.4. The molecule has 8 nitrogen and oxygen atoms in total. The number of rotatable bonds is 7. The topological polar surface area (TPSA) is 116 Å². The van der Waals surface area contributed by atoms with Crippen molar-refractivity contribution in [1.29, 1.82) is 0 Å². The number of amides is 1. The smallest absolute Gasteiger partial charge is 0.251 e. The lowest BCUT2D eigenvalue weighted by Gasteiger charge is -2.12. The van der Waals surface area contributed by atoms with Gasteiger partial charge >= 0.3 is 0 Å². The first-order chi connectivity index (χ1) is 14.2. The molecule has 0 saturated carbocycles. The van der Waals surface area contributed by atoms with Gasteiger partial charge in [0.05, 0.1) is 35.9 Å². The van der Waals surface area contributed by atoms with Crippen molar-refractivity contribution in [2.24, 2.45) is 0 Å². The van der Waals surface area contributed by atoms with Gasteiger partial charge in [-0.05, 0) is 48.4 Å². The van der Waals surface area contributed by atoms with Crippen molar-refractivity contribution in [3.63, 3.8) is 0 Å². The second-order valence-electron chi connectivity index (χ2n) is 6.97. The van der Waals surface area contributed by atoms with Crippen molar-refractivity contribution in [2.75, 3.05) is 25.7 Å². The van der Waals surface area contributed by atoms with E-state index >= 15 is 0 Å². The van der Waals surface area contributed by atoms with Crippen LogP contribution in [0.5, 0.6) is 11.5 Å². The molecule has 1 amide bonds. The average Bonchev–Trinajstić information content (AvgIpc) is 3.12. The number of benzene rings is 2. The van der Waals surface area contributed by atoms with Crippen LogP contribution < -0.4 is 14.8 Å². The highest BCUT2D eigenvalue weighted by Crippen LogP contribution is 2.28. The first kappa shape index (κ1) is 22.1. The molecule has 30 heavy (non-hydrogen) atoms. The minimum Gasteiger partial charge on any atom is -0.493 e. The molecule has 0 aliphatic carbocycles. The van der Waals surface area contributed by atoms with E-state index in [4.69, 9.17) is 9.47 Å². The Kier molecular flexibility index (Phi) is 6.37. The molecule has 1 saturated heterocycles. The minimum atomic E-state index is -3.76. The van der Waals surface area contributed by atoms with E-state index in [2.05, 4.69) is 5.32 Å². The molecule has 1 unspecified atom stereocenters. The third-order valence-corrected chi connectivity index (χ3v) is 9.16. The van der Waals surface area contributed by atoms with Crippen molar-refractivity contribution in [3.05, 3.63) is 53.6 Å². The summed E-state index contributed by atoms with van der Waals surface area (Å²) in [4.78, 5) is 12.4. The summed E-state index contributed by atoms with van der Waals surface area (Å²) < 4.78 is 58.9. The molecule has 1 fully saturated rings. The van der Waals surface area contributed by atoms with Crippen molar-refractivity contribution in [3.8, 4) is 11.5 Å². The normalized spacial score (nSPS) is 18.0. The Hall–Kier alpha value is -2.59. The molecule has 1 atom stereocenters. The summed E-state index contributed by atoms with van der Waals surface area (Å²) in [5.41, 5.74) is 1.11. The Morgan fingerprint density at radius 3 is 2.30 bits per heavy atom. The Labute approximate surface area is 176 Å². The summed E-state index contributed by atoms with van der Waals surface area (Å²) in [7, 11) is -4.01. The lowest BCUT2D eigenvalue weighted by molar-refractivity contribution is 0.0950. The van der Waals surface area contributed by atoms with Crippen LogP contribution >= 0.6 is 0 Å². The van der Waals surface area contributed by atoms with Crippen LogP contribution in [0.25, 0.3) is 0 Å². The van der Waals surface area contributed by atoms with Crippen LogP contribution in [-0.2, 0) is 26.2 Å². The molecule has 1 aliphatic rings. The lowest BCUT2D eigenvalue weighted by Crippen LogP contribution is -2.24. The fourth-order valence-electron chi connectivity index (χ4n) is 3.27. The highest BCUT2D eigenvalue weighted by atomic mass is 32.2. The molecule has 0 bridgehead atoms. The third kappa shape index (κ3) is 4.76. The number of sulfone groups is 2. The summed E-state index contributed by atoms with van der Waals surface area (Å²) in [5.74, 6) is 0.292. The summed E-state index contributed by atoms with van der Waals surface area (Å²) in [5, 5.41) is 1.83. The monoisotopic (exact) mass is 453 g/mol. The van der Waals surface area contributed by atoms with Crippen molar-refractivity contribution < 1.29 is 31.1 Å². The second kappa shape index (κ2) is 8.65. The zero-order valence-corrected chi connectivity index (χ0v) is 18.3. The molecule has 0 spiro atoms. The number of hydrogen-bond acceptors (Lipinski definition) is 7. The standard InChI is InChI=1S/C20H23NO7S2/c1-27-18-8-3-14(11-19(18)28-2)12-21-20(22)15-4-6-16(7-5-15)30(25,26)17-9-10-29(23,24)13-17/h3-8,11,17H,9-10,12-13H2,1-2H3,(H,21,22). The molecule has 10 heteroatoms. The molecule has 1 heterocycles. The molecule has 2 aromatic rings. The number of carbonyl (C=O) groups is 1. The van der Waals surface area contributed by atoms with E-state index in [9.17, 15) is 21.6 Å². The molecule has 3 rings (SSSR count). The predicted molar refractivity (Wildman–Crippen MR) is 111 cm³/mol. The van der Waals surface area contributed by atoms with Gasteiger partial charge < -0.3 is 14.8 Å². The third-order valence-electron chi connectivity index (χ3n) is 4.98. The molecular formula is C20H23NO7S2. The van der Waals surface area contributed by atoms with Crippen LogP contribution in [0.1, 0.15) is 22.3 Å². The quantitative estimate of drug-likeness (QED) is 0.677. The first-order valence-corrected chi connectivity index (χ1v) is 12.6. The van der Waals surface area contributed by atoms with E-state index in [1.54, 1.807) is 18.2 Å². The van der Waals surface area contributed by atoms with Gasteiger partial charge in [-0.1, -0.05) is 6.07 Å². The SMILES string of the molecule is COc1ccc(CNC(=O)c2ccc(S(=O)(=O)C3CCS(=O)(=O)C3)cc2)cc1OC. The summed E-state index contributed by atoms with van der Waals surface area (Å²) in [6.07, 6.45) is 0.0955. The van der Waals surface area contributed by atoms with Gasteiger partial charge in [0, 0.05) is 12.1 Å². The Morgan fingerprint density at radius 2 is 1.73 bits per heavy atom. The molecular weight excluding hydrogens is 430 g/mol. The predicted octanol–water partition coefficient (Wildman–Crippen LogP) is 1.59. The van der Waals surface area contributed by atoms with E-state index in [1.165, 1.54) is 38.5 Å². The van der Waals surface area contributed by atoms with Gasteiger partial charge in [-0.3, -0.25) is 4.79 Å². The van der Waals surface area contributed by atoms with Crippen LogP contribution in [0.2, 0.25) is 0 Å². The minimum absolute atomic E-state index is 0.0149. The highest BCUT2D eigenvalue weighted by molar-refractivity contribution is 7.96. The Bertz CT molecular complexity index is 1140. The molecule has 1 N–H and O–H groups in total. The first-order valence-electron chi connectivity index (χ1n) is 9.20. The van der Waals surface area contributed by atoms with Crippen molar-refractivity contribution >= 4 is 25.6 Å². The molecule has 162 valence electrons. The number of methoxy groups -OCH3 is 2.